The number of hydrogen-bond donors (Lipinski definition) is 1. The number of nitrogens with zero attached hydrogens (tertiary/aromatic N) is 1. The maximum Gasteiger partial charge on any atom is 0.264 e. The van der Waals surface area contributed by atoms with Crippen LogP contribution in [0.3, 0.4) is 0 Å². The van der Waals surface area contributed by atoms with E-state index in [2.05, 4.69) is 5.32 Å². The van der Waals surface area contributed by atoms with Crippen molar-refractivity contribution in [3.63, 3.8) is 0 Å². The molecule has 1 N–H and O–H groups in total. The van der Waals surface area contributed by atoms with Crippen LogP contribution in [0.1, 0.15) is 44.1 Å². The first-order valence-electron chi connectivity index (χ1n) is 12.0. The van der Waals surface area contributed by atoms with E-state index in [0.717, 1.165) is 27.3 Å². The number of nitrogens with one attached hydrogen (secondary N) is 1. The van der Waals surface area contributed by atoms with Crippen molar-refractivity contribution < 1.29 is 22.7 Å². The first-order chi connectivity index (χ1) is 16.8. The van der Waals surface area contributed by atoms with Gasteiger partial charge in [0.1, 0.15) is 6.54 Å². The van der Waals surface area contributed by atoms with E-state index in [9.17, 15) is 13.2 Å². The van der Waals surface area contributed by atoms with Gasteiger partial charge in [-0.25, -0.2) is 8.42 Å². The van der Waals surface area contributed by atoms with E-state index in [0.29, 0.717) is 23.7 Å². The number of carbonyl (C=O) groups is 1. The van der Waals surface area contributed by atoms with Gasteiger partial charge >= 0.3 is 0 Å². The number of carbonyl (C=O) groups excluding carboxylic acids is 1. The smallest absolute Gasteiger partial charge is 0.264 e. The molecule has 9 heteroatoms. The van der Waals surface area contributed by atoms with Gasteiger partial charge in [-0.15, -0.1) is 0 Å². The maximum atomic E-state index is 13.6. The summed E-state index contributed by atoms with van der Waals surface area (Å²) in [6.45, 7) is 2.14. The summed E-state index contributed by atoms with van der Waals surface area (Å²) in [6.07, 6.45) is 7.42. The molecule has 3 rings (SSSR count). The minimum absolute atomic E-state index is 0.0207. The molecule has 1 aliphatic rings. The molecule has 0 spiro atoms. The van der Waals surface area contributed by atoms with Gasteiger partial charge in [-0.2, -0.15) is 11.8 Å². The molecule has 1 saturated carbocycles. The average molecular weight is 521 g/mol. The minimum atomic E-state index is -4.04. The summed E-state index contributed by atoms with van der Waals surface area (Å²) in [5.74, 6) is 1.39. The Kier molecular flexibility index (Phi) is 10.2. The number of amides is 1. The van der Waals surface area contributed by atoms with Crippen LogP contribution in [0, 0.1) is 6.92 Å². The standard InChI is InChI=1S/C26H36N2O5S2/c1-20-10-12-21(13-11-20)28(35(30,31)23-14-15-24(32-2)25(18-23)33-3)19-26(29)27-16-7-17-34-22-8-5-4-6-9-22/h10-15,18,22H,4-9,16-17,19H2,1-3H3,(H,27,29). The molecule has 0 radical (unpaired) electrons. The van der Waals surface area contributed by atoms with Gasteiger partial charge in [0.15, 0.2) is 11.5 Å². The van der Waals surface area contributed by atoms with Crippen LogP contribution < -0.4 is 19.1 Å². The van der Waals surface area contributed by atoms with E-state index in [4.69, 9.17) is 9.47 Å². The molecule has 0 atom stereocenters. The first-order valence-corrected chi connectivity index (χ1v) is 14.5. The Labute approximate surface area is 213 Å². The molecular weight excluding hydrogens is 484 g/mol. The fourth-order valence-corrected chi connectivity index (χ4v) is 6.85. The van der Waals surface area contributed by atoms with Gasteiger partial charge in [0, 0.05) is 17.9 Å². The number of hydrogen-bond acceptors (Lipinski definition) is 6. The van der Waals surface area contributed by atoms with E-state index in [1.807, 2.05) is 30.8 Å². The molecule has 7 nitrogen and oxygen atoms in total. The van der Waals surface area contributed by atoms with Crippen LogP contribution in [0.4, 0.5) is 5.69 Å². The molecule has 0 unspecified atom stereocenters. The second-order valence-electron chi connectivity index (χ2n) is 8.70. The summed E-state index contributed by atoms with van der Waals surface area (Å²) in [4.78, 5) is 12.8. The highest BCUT2D eigenvalue weighted by Crippen LogP contribution is 2.32. The van der Waals surface area contributed by atoms with Crippen molar-refractivity contribution in [2.75, 3.05) is 37.4 Å². The van der Waals surface area contributed by atoms with E-state index in [-0.39, 0.29) is 17.3 Å². The molecule has 35 heavy (non-hydrogen) atoms. The predicted octanol–water partition coefficient (Wildman–Crippen LogP) is 4.78. The summed E-state index contributed by atoms with van der Waals surface area (Å²) in [7, 11) is -1.10. The van der Waals surface area contributed by atoms with Crippen LogP contribution in [0.15, 0.2) is 47.4 Å². The summed E-state index contributed by atoms with van der Waals surface area (Å²) in [5.41, 5.74) is 1.42. The van der Waals surface area contributed by atoms with Gasteiger partial charge in [0.05, 0.1) is 24.8 Å². The molecule has 1 aliphatic carbocycles. The highest BCUT2D eigenvalue weighted by Gasteiger charge is 2.28. The fraction of sp³-hybridized carbons (Fsp3) is 0.500. The summed E-state index contributed by atoms with van der Waals surface area (Å²) in [5, 5.41) is 3.63. The van der Waals surface area contributed by atoms with Crippen molar-refractivity contribution in [1.29, 1.82) is 0 Å². The third-order valence-electron chi connectivity index (χ3n) is 6.10. The monoisotopic (exact) mass is 520 g/mol. The molecule has 0 bridgehead atoms. The van der Waals surface area contributed by atoms with Crippen LogP contribution in [0.25, 0.3) is 0 Å². The van der Waals surface area contributed by atoms with Gasteiger partial charge in [0.2, 0.25) is 5.91 Å². The third-order valence-corrected chi connectivity index (χ3v) is 9.34. The Morgan fingerprint density at radius 1 is 1.03 bits per heavy atom. The lowest BCUT2D eigenvalue weighted by molar-refractivity contribution is -0.119. The first kappa shape index (κ1) is 27.2. The van der Waals surface area contributed by atoms with Crippen molar-refractivity contribution in [3.05, 3.63) is 48.0 Å². The lowest BCUT2D eigenvalue weighted by Crippen LogP contribution is -2.41. The van der Waals surface area contributed by atoms with Crippen LogP contribution in [0.5, 0.6) is 11.5 Å². The molecule has 1 fully saturated rings. The van der Waals surface area contributed by atoms with Crippen molar-refractivity contribution in [2.24, 2.45) is 0 Å². The van der Waals surface area contributed by atoms with Crippen LogP contribution >= 0.6 is 11.8 Å². The zero-order chi connectivity index (χ0) is 25.3. The Balaban J connectivity index is 1.69. The number of thioether (sulfide) groups is 1. The Morgan fingerprint density at radius 2 is 1.71 bits per heavy atom. The highest BCUT2D eigenvalue weighted by molar-refractivity contribution is 7.99. The highest BCUT2D eigenvalue weighted by atomic mass is 32.2. The number of methoxy groups -OCH3 is 2. The molecule has 0 aliphatic heterocycles. The number of aryl methyl sites for hydroxylation is 1. The molecule has 0 aromatic heterocycles. The maximum absolute atomic E-state index is 13.6. The second kappa shape index (κ2) is 13.1. The van der Waals surface area contributed by atoms with Crippen molar-refractivity contribution >= 4 is 33.4 Å². The van der Waals surface area contributed by atoms with Crippen molar-refractivity contribution in [1.82, 2.24) is 5.32 Å². The van der Waals surface area contributed by atoms with Crippen LogP contribution in [-0.4, -0.2) is 52.6 Å². The quantitative estimate of drug-likeness (QED) is 0.406. The Morgan fingerprint density at radius 3 is 2.37 bits per heavy atom. The lowest BCUT2D eigenvalue weighted by atomic mass is 10.0. The summed E-state index contributed by atoms with van der Waals surface area (Å²) in [6, 6.07) is 11.5. The van der Waals surface area contributed by atoms with Crippen molar-refractivity contribution in [3.8, 4) is 11.5 Å². The molecule has 0 heterocycles. The molecule has 192 valence electrons. The SMILES string of the molecule is COc1ccc(S(=O)(=O)N(CC(=O)NCCCSC2CCCCC2)c2ccc(C)cc2)cc1OC. The van der Waals surface area contributed by atoms with Crippen molar-refractivity contribution in [2.45, 2.75) is 55.6 Å². The predicted molar refractivity (Wildman–Crippen MR) is 142 cm³/mol. The van der Waals surface area contributed by atoms with E-state index in [1.54, 1.807) is 18.2 Å². The van der Waals surface area contributed by atoms with Gasteiger partial charge in [0.25, 0.3) is 10.0 Å². The largest absolute Gasteiger partial charge is 0.493 e. The van der Waals surface area contributed by atoms with E-state index in [1.165, 1.54) is 58.5 Å². The number of benzene rings is 2. The molecule has 0 saturated heterocycles. The van der Waals surface area contributed by atoms with Gasteiger partial charge in [-0.1, -0.05) is 37.0 Å². The number of rotatable bonds is 12. The fourth-order valence-electron chi connectivity index (χ4n) is 4.10. The van der Waals surface area contributed by atoms with Gasteiger partial charge < -0.3 is 14.8 Å². The molecule has 1 amide bonds. The molecule has 2 aromatic rings. The van der Waals surface area contributed by atoms with Crippen LogP contribution in [0.2, 0.25) is 0 Å². The zero-order valence-corrected chi connectivity index (χ0v) is 22.4. The summed E-state index contributed by atoms with van der Waals surface area (Å²) < 4.78 is 38.9. The number of ether oxygens (including phenoxy) is 2. The topological polar surface area (TPSA) is 84.9 Å². The summed E-state index contributed by atoms with van der Waals surface area (Å²) >= 11 is 1.99. The average Bonchev–Trinajstić information content (AvgIpc) is 2.87. The van der Waals surface area contributed by atoms with Gasteiger partial charge in [-0.05, 0) is 56.2 Å². The molecular formula is C26H36N2O5S2. The number of sulfonamides is 1. The zero-order valence-electron chi connectivity index (χ0n) is 20.8. The Hall–Kier alpha value is -2.39. The van der Waals surface area contributed by atoms with Gasteiger partial charge in [-0.3, -0.25) is 9.10 Å². The Bertz CT molecular complexity index is 1070. The third kappa shape index (κ3) is 7.54. The second-order valence-corrected chi connectivity index (χ2v) is 12.0. The van der Waals surface area contributed by atoms with Crippen LogP contribution in [-0.2, 0) is 14.8 Å². The minimum Gasteiger partial charge on any atom is -0.493 e. The van der Waals surface area contributed by atoms with E-state index >= 15 is 0 Å². The van der Waals surface area contributed by atoms with E-state index < -0.39 is 10.0 Å². The number of anilines is 1. The molecule has 2 aromatic carbocycles. The normalized spacial score (nSPS) is 14.4. The lowest BCUT2D eigenvalue weighted by Gasteiger charge is -2.25.